The topological polar surface area (TPSA) is 53.6 Å². The lowest BCUT2D eigenvalue weighted by Crippen LogP contribution is -2.24. The minimum absolute atomic E-state index is 0.466. The van der Waals surface area contributed by atoms with Gasteiger partial charge in [-0.15, -0.1) is 0 Å². The number of benzene rings is 2. The summed E-state index contributed by atoms with van der Waals surface area (Å²) in [5.41, 5.74) is 9.30. The van der Waals surface area contributed by atoms with Gasteiger partial charge in [0.15, 0.2) is 5.96 Å². The molecule has 0 aliphatic rings. The molecule has 2 aromatic rings. The predicted molar refractivity (Wildman–Crippen MR) is 95.6 cm³/mol. The maximum absolute atomic E-state index is 5.91. The van der Waals surface area contributed by atoms with E-state index in [0.717, 1.165) is 18.7 Å². The molecule has 0 aliphatic heterocycles. The number of rotatable bonds is 6. The van der Waals surface area contributed by atoms with E-state index in [1.54, 1.807) is 0 Å². The smallest absolute Gasteiger partial charge is 0.193 e. The summed E-state index contributed by atoms with van der Waals surface area (Å²) in [6.45, 7) is 3.71. The lowest BCUT2D eigenvalue weighted by Gasteiger charge is -2.18. The first kappa shape index (κ1) is 15.9. The highest BCUT2D eigenvalue weighted by atomic mass is 15.1. The molecule has 2 aromatic carbocycles. The van der Waals surface area contributed by atoms with E-state index in [1.807, 2.05) is 36.4 Å². The Morgan fingerprint density at radius 3 is 2.64 bits per heavy atom. The van der Waals surface area contributed by atoms with Crippen LogP contribution in [-0.2, 0) is 0 Å². The number of hydrogen-bond acceptors (Lipinski definition) is 2. The van der Waals surface area contributed by atoms with Gasteiger partial charge in [0.1, 0.15) is 0 Å². The summed E-state index contributed by atoms with van der Waals surface area (Å²) < 4.78 is 0. The van der Waals surface area contributed by atoms with Gasteiger partial charge in [-0.2, -0.15) is 0 Å². The average Bonchev–Trinajstić information content (AvgIpc) is 2.52. The van der Waals surface area contributed by atoms with Crippen LogP contribution in [-0.4, -0.2) is 26.1 Å². The van der Waals surface area contributed by atoms with Crippen molar-refractivity contribution >= 4 is 17.3 Å². The summed E-state index contributed by atoms with van der Waals surface area (Å²) in [5, 5.41) is 3.12. The number of nitrogens with two attached hydrogens (primary N) is 1. The summed E-state index contributed by atoms with van der Waals surface area (Å²) in [6.07, 6.45) is 0.960. The Labute approximate surface area is 132 Å². The molecule has 0 atom stereocenters. The molecular formula is C18H24N4. The standard InChI is InChI=1S/C18H24N4/c1-15-8-6-9-16(14-15)21-18(19)20-12-7-13-22(2)17-10-4-3-5-11-17/h3-6,8-11,14H,7,12-13H2,1-2H3,(H3,19,20,21). The van der Waals surface area contributed by atoms with Crippen molar-refractivity contribution in [1.82, 2.24) is 0 Å². The second kappa shape index (κ2) is 8.08. The fraction of sp³-hybridized carbons (Fsp3) is 0.278. The van der Waals surface area contributed by atoms with Crippen LogP contribution in [0.2, 0.25) is 0 Å². The van der Waals surface area contributed by atoms with E-state index in [0.29, 0.717) is 12.5 Å². The Morgan fingerprint density at radius 2 is 1.91 bits per heavy atom. The third kappa shape index (κ3) is 5.13. The highest BCUT2D eigenvalue weighted by molar-refractivity contribution is 5.92. The lowest BCUT2D eigenvalue weighted by atomic mass is 10.2. The molecular weight excluding hydrogens is 272 g/mol. The van der Waals surface area contributed by atoms with Crippen LogP contribution >= 0.6 is 0 Å². The van der Waals surface area contributed by atoms with Gasteiger partial charge in [-0.3, -0.25) is 4.99 Å². The summed E-state index contributed by atoms with van der Waals surface area (Å²) in [5.74, 6) is 0.466. The minimum Gasteiger partial charge on any atom is -0.375 e. The van der Waals surface area contributed by atoms with Gasteiger partial charge in [-0.25, -0.2) is 0 Å². The van der Waals surface area contributed by atoms with E-state index < -0.39 is 0 Å². The summed E-state index contributed by atoms with van der Waals surface area (Å²) >= 11 is 0. The van der Waals surface area contributed by atoms with Crippen LogP contribution in [0.15, 0.2) is 59.6 Å². The SMILES string of the molecule is Cc1cccc(NC(N)=NCCCN(C)c2ccccc2)c1. The monoisotopic (exact) mass is 296 g/mol. The normalized spacial score (nSPS) is 11.3. The van der Waals surface area contributed by atoms with Crippen molar-refractivity contribution in [2.75, 3.05) is 30.4 Å². The Morgan fingerprint density at radius 1 is 1.14 bits per heavy atom. The molecule has 116 valence electrons. The second-order valence-corrected chi connectivity index (χ2v) is 5.37. The number of nitrogens with zero attached hydrogens (tertiary/aromatic N) is 2. The predicted octanol–water partition coefficient (Wildman–Crippen LogP) is 3.25. The zero-order valence-corrected chi connectivity index (χ0v) is 13.3. The van der Waals surface area contributed by atoms with Crippen LogP contribution in [0.4, 0.5) is 11.4 Å². The van der Waals surface area contributed by atoms with Gasteiger partial charge >= 0.3 is 0 Å². The van der Waals surface area contributed by atoms with E-state index >= 15 is 0 Å². The number of para-hydroxylation sites is 1. The van der Waals surface area contributed by atoms with Crippen LogP contribution in [0.25, 0.3) is 0 Å². The van der Waals surface area contributed by atoms with E-state index in [1.165, 1.54) is 11.3 Å². The molecule has 0 aliphatic carbocycles. The van der Waals surface area contributed by atoms with E-state index in [9.17, 15) is 0 Å². The largest absolute Gasteiger partial charge is 0.375 e. The van der Waals surface area contributed by atoms with Crippen molar-refractivity contribution in [2.45, 2.75) is 13.3 Å². The Kier molecular flexibility index (Phi) is 5.83. The fourth-order valence-corrected chi connectivity index (χ4v) is 2.23. The molecule has 2 rings (SSSR count). The van der Waals surface area contributed by atoms with Crippen LogP contribution in [0.1, 0.15) is 12.0 Å². The minimum atomic E-state index is 0.466. The van der Waals surface area contributed by atoms with Gasteiger partial charge in [0.2, 0.25) is 0 Å². The molecule has 0 heterocycles. The van der Waals surface area contributed by atoms with Gasteiger partial charge in [0, 0.05) is 31.5 Å². The van der Waals surface area contributed by atoms with Gasteiger partial charge in [-0.1, -0.05) is 30.3 Å². The summed E-state index contributed by atoms with van der Waals surface area (Å²) in [6, 6.07) is 18.4. The Bertz CT molecular complexity index is 607. The molecule has 22 heavy (non-hydrogen) atoms. The van der Waals surface area contributed by atoms with Gasteiger partial charge in [0.05, 0.1) is 0 Å². The first-order valence-corrected chi connectivity index (χ1v) is 7.55. The molecule has 0 spiro atoms. The first-order valence-electron chi connectivity index (χ1n) is 7.55. The van der Waals surface area contributed by atoms with Gasteiger partial charge < -0.3 is 16.0 Å². The number of anilines is 2. The maximum atomic E-state index is 5.91. The number of aliphatic imine (C=N–C) groups is 1. The molecule has 4 nitrogen and oxygen atoms in total. The van der Waals surface area contributed by atoms with Crippen molar-refractivity contribution in [3.05, 3.63) is 60.2 Å². The fourth-order valence-electron chi connectivity index (χ4n) is 2.23. The van der Waals surface area contributed by atoms with Crippen molar-refractivity contribution in [3.63, 3.8) is 0 Å². The Hall–Kier alpha value is -2.49. The number of nitrogens with one attached hydrogen (secondary N) is 1. The molecule has 4 heteroatoms. The van der Waals surface area contributed by atoms with Crippen LogP contribution in [0.5, 0.6) is 0 Å². The molecule has 0 fully saturated rings. The molecule has 0 amide bonds. The number of guanidine groups is 1. The lowest BCUT2D eigenvalue weighted by molar-refractivity contribution is 0.795. The molecule has 0 aromatic heterocycles. The maximum Gasteiger partial charge on any atom is 0.193 e. The zero-order chi connectivity index (χ0) is 15.8. The molecule has 0 saturated carbocycles. The van der Waals surface area contributed by atoms with Crippen LogP contribution in [0.3, 0.4) is 0 Å². The molecule has 0 saturated heterocycles. The number of hydrogen-bond donors (Lipinski definition) is 2. The van der Waals surface area contributed by atoms with Crippen molar-refractivity contribution in [3.8, 4) is 0 Å². The molecule has 0 bridgehead atoms. The number of aryl methyl sites for hydroxylation is 1. The Balaban J connectivity index is 1.75. The summed E-state index contributed by atoms with van der Waals surface area (Å²) in [4.78, 5) is 6.59. The highest BCUT2D eigenvalue weighted by Crippen LogP contribution is 2.11. The van der Waals surface area contributed by atoms with E-state index in [4.69, 9.17) is 5.73 Å². The average molecular weight is 296 g/mol. The van der Waals surface area contributed by atoms with E-state index in [2.05, 4.69) is 47.4 Å². The van der Waals surface area contributed by atoms with Crippen LogP contribution < -0.4 is 16.0 Å². The van der Waals surface area contributed by atoms with Gasteiger partial charge in [-0.05, 0) is 43.2 Å². The first-order chi connectivity index (χ1) is 10.6. The molecule has 3 N–H and O–H groups in total. The quantitative estimate of drug-likeness (QED) is 0.489. The zero-order valence-electron chi connectivity index (χ0n) is 13.3. The van der Waals surface area contributed by atoms with Crippen LogP contribution in [0, 0.1) is 6.92 Å². The summed E-state index contributed by atoms with van der Waals surface area (Å²) in [7, 11) is 2.09. The molecule has 0 unspecified atom stereocenters. The van der Waals surface area contributed by atoms with Crippen molar-refractivity contribution in [1.29, 1.82) is 0 Å². The van der Waals surface area contributed by atoms with E-state index in [-0.39, 0.29) is 0 Å². The second-order valence-electron chi connectivity index (χ2n) is 5.37. The molecule has 0 radical (unpaired) electrons. The third-order valence-electron chi connectivity index (χ3n) is 3.42. The van der Waals surface area contributed by atoms with Gasteiger partial charge in [0.25, 0.3) is 0 Å². The van der Waals surface area contributed by atoms with Crippen molar-refractivity contribution in [2.24, 2.45) is 10.7 Å². The van der Waals surface area contributed by atoms with Crippen molar-refractivity contribution < 1.29 is 0 Å². The highest BCUT2D eigenvalue weighted by Gasteiger charge is 1.99. The third-order valence-corrected chi connectivity index (χ3v) is 3.42.